The number of piperidine rings is 1. The van der Waals surface area contributed by atoms with Gasteiger partial charge in [-0.3, -0.25) is 14.5 Å². The molecule has 1 aliphatic rings. The standard InChI is InChI=1S/C21H25N3O2/c1-15-7-5-8-16(13-15)20(25)22-17-9-6-10-18(14-17)23-21(26)19-11-3-4-12-24(19)2/h5-10,13-14,19H,3-4,11-12H2,1-2H3,(H,22,25)(H,23,26). The number of nitrogens with one attached hydrogen (secondary N) is 2. The van der Waals surface area contributed by atoms with Crippen LogP contribution < -0.4 is 10.6 Å². The largest absolute Gasteiger partial charge is 0.325 e. The van der Waals surface area contributed by atoms with Crippen LogP contribution in [0.3, 0.4) is 0 Å². The van der Waals surface area contributed by atoms with Gasteiger partial charge in [0.2, 0.25) is 5.91 Å². The molecule has 5 nitrogen and oxygen atoms in total. The molecule has 136 valence electrons. The van der Waals surface area contributed by atoms with E-state index in [-0.39, 0.29) is 17.9 Å². The Morgan fingerprint density at radius 3 is 2.46 bits per heavy atom. The van der Waals surface area contributed by atoms with Crippen LogP contribution in [0.15, 0.2) is 48.5 Å². The van der Waals surface area contributed by atoms with Gasteiger partial charge in [0, 0.05) is 16.9 Å². The van der Waals surface area contributed by atoms with Crippen LogP contribution in [0, 0.1) is 6.92 Å². The van der Waals surface area contributed by atoms with Crippen LogP contribution in [-0.4, -0.2) is 36.3 Å². The summed E-state index contributed by atoms with van der Waals surface area (Å²) in [6.07, 6.45) is 3.10. The number of rotatable bonds is 4. The molecule has 3 rings (SSSR count). The summed E-state index contributed by atoms with van der Waals surface area (Å²) >= 11 is 0. The Bertz CT molecular complexity index is 803. The first-order valence-electron chi connectivity index (χ1n) is 9.02. The molecule has 1 atom stereocenters. The van der Waals surface area contributed by atoms with E-state index in [2.05, 4.69) is 15.5 Å². The number of anilines is 2. The van der Waals surface area contributed by atoms with Crippen molar-refractivity contribution in [2.24, 2.45) is 0 Å². The van der Waals surface area contributed by atoms with Crippen molar-refractivity contribution in [3.8, 4) is 0 Å². The Morgan fingerprint density at radius 1 is 1.00 bits per heavy atom. The maximum absolute atomic E-state index is 12.5. The number of benzene rings is 2. The summed E-state index contributed by atoms with van der Waals surface area (Å²) in [5.74, 6) is -0.154. The highest BCUT2D eigenvalue weighted by atomic mass is 16.2. The van der Waals surface area contributed by atoms with Crippen LogP contribution in [0.4, 0.5) is 11.4 Å². The molecule has 5 heteroatoms. The van der Waals surface area contributed by atoms with E-state index in [0.29, 0.717) is 16.9 Å². The molecular formula is C21H25N3O2. The molecule has 1 aliphatic heterocycles. The Hall–Kier alpha value is -2.66. The van der Waals surface area contributed by atoms with Crippen molar-refractivity contribution in [1.82, 2.24) is 4.90 Å². The van der Waals surface area contributed by atoms with Crippen molar-refractivity contribution in [3.05, 3.63) is 59.7 Å². The zero-order valence-corrected chi connectivity index (χ0v) is 15.3. The molecule has 26 heavy (non-hydrogen) atoms. The van der Waals surface area contributed by atoms with Gasteiger partial charge < -0.3 is 10.6 Å². The van der Waals surface area contributed by atoms with Gasteiger partial charge in [0.05, 0.1) is 6.04 Å². The highest BCUT2D eigenvalue weighted by Crippen LogP contribution is 2.20. The minimum Gasteiger partial charge on any atom is -0.325 e. The molecule has 0 bridgehead atoms. The van der Waals surface area contributed by atoms with Gasteiger partial charge in [0.1, 0.15) is 0 Å². The van der Waals surface area contributed by atoms with E-state index in [9.17, 15) is 9.59 Å². The molecule has 0 radical (unpaired) electrons. The summed E-state index contributed by atoms with van der Waals surface area (Å²) in [7, 11) is 1.99. The molecule has 2 amide bonds. The predicted molar refractivity (Wildman–Crippen MR) is 104 cm³/mol. The SMILES string of the molecule is Cc1cccc(C(=O)Nc2cccc(NC(=O)C3CCCCN3C)c2)c1. The van der Waals surface area contributed by atoms with Gasteiger partial charge in [-0.25, -0.2) is 0 Å². The fraction of sp³-hybridized carbons (Fsp3) is 0.333. The second-order valence-corrected chi connectivity index (χ2v) is 6.89. The lowest BCUT2D eigenvalue weighted by Crippen LogP contribution is -2.44. The first kappa shape index (κ1) is 18.1. The van der Waals surface area contributed by atoms with Crippen molar-refractivity contribution in [2.45, 2.75) is 32.2 Å². The van der Waals surface area contributed by atoms with Gasteiger partial charge in [-0.2, -0.15) is 0 Å². The maximum Gasteiger partial charge on any atom is 0.255 e. The Kier molecular flexibility index (Phi) is 5.68. The van der Waals surface area contributed by atoms with Crippen LogP contribution in [0.1, 0.15) is 35.2 Å². The number of carbonyl (C=O) groups is 2. The number of likely N-dealkylation sites (N-methyl/N-ethyl adjacent to an activating group) is 1. The monoisotopic (exact) mass is 351 g/mol. The second-order valence-electron chi connectivity index (χ2n) is 6.89. The molecule has 1 unspecified atom stereocenters. The van der Waals surface area contributed by atoms with Crippen molar-refractivity contribution >= 4 is 23.2 Å². The summed E-state index contributed by atoms with van der Waals surface area (Å²) in [4.78, 5) is 27.0. The van der Waals surface area contributed by atoms with E-state index >= 15 is 0 Å². The van der Waals surface area contributed by atoms with Crippen LogP contribution in [-0.2, 0) is 4.79 Å². The summed E-state index contributed by atoms with van der Waals surface area (Å²) < 4.78 is 0. The molecule has 1 heterocycles. The lowest BCUT2D eigenvalue weighted by Gasteiger charge is -2.31. The van der Waals surface area contributed by atoms with Gasteiger partial charge in [0.25, 0.3) is 5.91 Å². The molecular weight excluding hydrogens is 326 g/mol. The number of aryl methyl sites for hydroxylation is 1. The smallest absolute Gasteiger partial charge is 0.255 e. The molecule has 2 aromatic carbocycles. The molecule has 0 aliphatic carbocycles. The van der Waals surface area contributed by atoms with E-state index in [1.165, 1.54) is 0 Å². The van der Waals surface area contributed by atoms with Crippen LogP contribution >= 0.6 is 0 Å². The third kappa shape index (κ3) is 4.49. The number of amides is 2. The normalized spacial score (nSPS) is 17.5. The number of hydrogen-bond donors (Lipinski definition) is 2. The lowest BCUT2D eigenvalue weighted by atomic mass is 10.0. The van der Waals surface area contributed by atoms with Crippen LogP contribution in [0.25, 0.3) is 0 Å². The first-order valence-corrected chi connectivity index (χ1v) is 9.02. The third-order valence-corrected chi connectivity index (χ3v) is 4.74. The minimum absolute atomic E-state index is 0.00867. The van der Waals surface area contributed by atoms with Crippen molar-refractivity contribution in [1.29, 1.82) is 0 Å². The molecule has 1 saturated heterocycles. The summed E-state index contributed by atoms with van der Waals surface area (Å²) in [5, 5.41) is 5.86. The average Bonchev–Trinajstić information content (AvgIpc) is 2.62. The molecule has 0 spiro atoms. The van der Waals surface area contributed by atoms with Gasteiger partial charge >= 0.3 is 0 Å². The minimum atomic E-state index is -0.163. The highest BCUT2D eigenvalue weighted by Gasteiger charge is 2.25. The lowest BCUT2D eigenvalue weighted by molar-refractivity contribution is -0.121. The summed E-state index contributed by atoms with van der Waals surface area (Å²) in [6.45, 7) is 2.90. The number of carbonyl (C=O) groups excluding carboxylic acids is 2. The molecule has 1 fully saturated rings. The average molecular weight is 351 g/mol. The van der Waals surface area contributed by atoms with E-state index in [4.69, 9.17) is 0 Å². The van der Waals surface area contributed by atoms with Gasteiger partial charge in [-0.1, -0.05) is 30.2 Å². The van der Waals surface area contributed by atoms with Gasteiger partial charge in [-0.15, -0.1) is 0 Å². The Labute approximate surface area is 154 Å². The molecule has 0 saturated carbocycles. The topological polar surface area (TPSA) is 61.4 Å². The first-order chi connectivity index (χ1) is 12.5. The Balaban J connectivity index is 1.66. The highest BCUT2D eigenvalue weighted by molar-refractivity contribution is 6.05. The zero-order valence-electron chi connectivity index (χ0n) is 15.3. The summed E-state index contributed by atoms with van der Waals surface area (Å²) in [6, 6.07) is 14.6. The van der Waals surface area contributed by atoms with E-state index in [1.807, 2.05) is 50.4 Å². The number of nitrogens with zero attached hydrogens (tertiary/aromatic N) is 1. The molecule has 2 aromatic rings. The van der Waals surface area contributed by atoms with Crippen molar-refractivity contribution < 1.29 is 9.59 Å². The van der Waals surface area contributed by atoms with Crippen LogP contribution in [0.2, 0.25) is 0 Å². The van der Waals surface area contributed by atoms with Gasteiger partial charge in [-0.05, 0) is 63.7 Å². The molecule has 0 aromatic heterocycles. The summed E-state index contributed by atoms with van der Waals surface area (Å²) in [5.41, 5.74) is 3.00. The number of hydrogen-bond acceptors (Lipinski definition) is 3. The van der Waals surface area contributed by atoms with Crippen molar-refractivity contribution in [3.63, 3.8) is 0 Å². The van der Waals surface area contributed by atoms with E-state index < -0.39 is 0 Å². The van der Waals surface area contributed by atoms with Crippen LogP contribution in [0.5, 0.6) is 0 Å². The third-order valence-electron chi connectivity index (χ3n) is 4.74. The quantitative estimate of drug-likeness (QED) is 0.883. The molecule has 2 N–H and O–H groups in total. The van der Waals surface area contributed by atoms with E-state index in [1.54, 1.807) is 12.1 Å². The predicted octanol–water partition coefficient (Wildman–Crippen LogP) is 3.67. The van der Waals surface area contributed by atoms with Crippen molar-refractivity contribution in [2.75, 3.05) is 24.2 Å². The fourth-order valence-corrected chi connectivity index (χ4v) is 3.30. The number of likely N-dealkylation sites (tertiary alicyclic amines) is 1. The zero-order chi connectivity index (χ0) is 18.5. The fourth-order valence-electron chi connectivity index (χ4n) is 3.30. The second kappa shape index (κ2) is 8.15. The maximum atomic E-state index is 12.5. The van der Waals surface area contributed by atoms with E-state index in [0.717, 1.165) is 31.4 Å². The van der Waals surface area contributed by atoms with Gasteiger partial charge in [0.15, 0.2) is 0 Å². The Morgan fingerprint density at radius 2 is 1.73 bits per heavy atom.